The summed E-state index contributed by atoms with van der Waals surface area (Å²) in [4.78, 5) is 27.6. The molecular weight excluding hydrogens is 394 g/mol. The highest BCUT2D eigenvalue weighted by Crippen LogP contribution is 2.20. The fourth-order valence-corrected chi connectivity index (χ4v) is 4.37. The Bertz CT molecular complexity index is 918. The summed E-state index contributed by atoms with van der Waals surface area (Å²) in [5, 5.41) is 24.7. The van der Waals surface area contributed by atoms with Crippen molar-refractivity contribution >= 4 is 33.5 Å². The molecule has 1 saturated heterocycles. The van der Waals surface area contributed by atoms with E-state index in [1.165, 1.54) is 10.2 Å². The second kappa shape index (κ2) is 10.9. The van der Waals surface area contributed by atoms with Gasteiger partial charge < -0.3 is 19.9 Å². The summed E-state index contributed by atoms with van der Waals surface area (Å²) in [5.41, 5.74) is 1.26. The van der Waals surface area contributed by atoms with Gasteiger partial charge in [0.2, 0.25) is 0 Å². The Labute approximate surface area is 173 Å². The number of aliphatic hydroxyl groups is 1. The number of aliphatic carboxylic acids is 2. The summed E-state index contributed by atoms with van der Waals surface area (Å²) >= 11 is 1.77. The number of β-amino-alcohol motifs (C(OH)–C–C–N with tert-alkyl or cyclic N) is 1. The van der Waals surface area contributed by atoms with E-state index in [2.05, 4.69) is 47.7 Å². The number of likely N-dealkylation sites (tertiary alicyclic amines) is 1. The number of carboxylic acids is 2. The second-order valence-corrected chi connectivity index (χ2v) is 7.85. The van der Waals surface area contributed by atoms with Crippen LogP contribution in [0.4, 0.5) is 0 Å². The van der Waals surface area contributed by atoms with Crippen LogP contribution in [0, 0.1) is 0 Å². The van der Waals surface area contributed by atoms with Crippen LogP contribution in [0.15, 0.2) is 41.4 Å². The van der Waals surface area contributed by atoms with E-state index in [0.717, 1.165) is 30.7 Å². The zero-order valence-electron chi connectivity index (χ0n) is 16.6. The first-order valence-corrected chi connectivity index (χ1v) is 10.2. The lowest BCUT2D eigenvalue weighted by molar-refractivity contribution is -0.134. The Morgan fingerprint density at radius 3 is 2.45 bits per heavy atom. The number of fused-ring (bicyclic) bond motifs is 1. The monoisotopic (exact) mass is 421 g/mol. The molecule has 1 aromatic heterocycles. The molecule has 158 valence electrons. The predicted octanol–water partition coefficient (Wildman–Crippen LogP) is 1.70. The molecule has 8 nitrogen and oxygen atoms in total. The summed E-state index contributed by atoms with van der Waals surface area (Å²) in [6.07, 6.45) is 3.28. The molecule has 2 unspecified atom stereocenters. The molecule has 3 rings (SSSR count). The lowest BCUT2D eigenvalue weighted by atomic mass is 9.99. The quantitative estimate of drug-likeness (QED) is 0.633. The molecule has 2 aromatic rings. The number of aliphatic hydroxyl groups excluding tert-OH is 1. The lowest BCUT2D eigenvalue weighted by Crippen LogP contribution is -2.43. The van der Waals surface area contributed by atoms with E-state index >= 15 is 0 Å². The van der Waals surface area contributed by atoms with Crippen molar-refractivity contribution in [2.45, 2.75) is 31.8 Å². The Morgan fingerprint density at radius 1 is 1.24 bits per heavy atom. The largest absolute Gasteiger partial charge is 0.478 e. The predicted molar refractivity (Wildman–Crippen MR) is 112 cm³/mol. The third kappa shape index (κ3) is 6.81. The van der Waals surface area contributed by atoms with E-state index in [9.17, 15) is 9.59 Å². The molecular formula is C20H27N3O5S. The third-order valence-corrected chi connectivity index (χ3v) is 5.88. The molecule has 9 heteroatoms. The molecule has 3 N–H and O–H groups in total. The molecule has 0 aliphatic carbocycles. The molecule has 0 bridgehead atoms. The van der Waals surface area contributed by atoms with Gasteiger partial charge in [-0.1, -0.05) is 23.5 Å². The molecule has 0 saturated carbocycles. The second-order valence-electron chi connectivity index (χ2n) is 6.84. The van der Waals surface area contributed by atoms with Crippen molar-refractivity contribution in [2.75, 3.05) is 19.7 Å². The van der Waals surface area contributed by atoms with E-state index in [4.69, 9.17) is 20.3 Å². The van der Waals surface area contributed by atoms with Crippen LogP contribution < -0.4 is 4.80 Å². The lowest BCUT2D eigenvalue weighted by Gasteiger charge is -2.35. The number of carbonyl (C=O) groups is 2. The van der Waals surface area contributed by atoms with Gasteiger partial charge in [0, 0.05) is 38.3 Å². The molecule has 29 heavy (non-hydrogen) atoms. The normalized spacial score (nSPS) is 20.6. The first kappa shape index (κ1) is 22.8. The van der Waals surface area contributed by atoms with Crippen LogP contribution in [0.1, 0.15) is 19.8 Å². The minimum Gasteiger partial charge on any atom is -0.478 e. The third-order valence-electron chi connectivity index (χ3n) is 4.75. The van der Waals surface area contributed by atoms with E-state index in [1.807, 2.05) is 0 Å². The maximum absolute atomic E-state index is 9.55. The molecule has 1 fully saturated rings. The molecule has 2 atom stereocenters. The number of nitrogens with zero attached hydrogens (tertiary/aromatic N) is 3. The number of aromatic nitrogens is 1. The van der Waals surface area contributed by atoms with Crippen molar-refractivity contribution in [3.05, 3.63) is 41.2 Å². The van der Waals surface area contributed by atoms with E-state index in [-0.39, 0.29) is 6.61 Å². The van der Waals surface area contributed by atoms with Crippen molar-refractivity contribution in [1.82, 2.24) is 9.47 Å². The Hall–Kier alpha value is -2.49. The molecule has 0 radical (unpaired) electrons. The van der Waals surface area contributed by atoms with E-state index < -0.39 is 11.9 Å². The number of rotatable bonds is 5. The number of piperidine rings is 1. The van der Waals surface area contributed by atoms with Crippen LogP contribution in [-0.4, -0.2) is 68.5 Å². The molecule has 2 heterocycles. The topological polar surface area (TPSA) is 115 Å². The maximum atomic E-state index is 9.55. The van der Waals surface area contributed by atoms with Gasteiger partial charge in [-0.3, -0.25) is 9.89 Å². The number of aryl methyl sites for hydroxylation is 1. The van der Waals surface area contributed by atoms with Gasteiger partial charge in [0.05, 0.1) is 22.9 Å². The SMILES string of the molecule is CC1CC(N=c2sc3ccccc3n2C)CCN1CCO.O=C(O)/C=C\C(=O)O. The van der Waals surface area contributed by atoms with Crippen LogP contribution >= 0.6 is 11.3 Å². The van der Waals surface area contributed by atoms with Gasteiger partial charge in [0.1, 0.15) is 0 Å². The minimum absolute atomic E-state index is 0.247. The Kier molecular flexibility index (Phi) is 8.56. The van der Waals surface area contributed by atoms with Crippen molar-refractivity contribution in [3.63, 3.8) is 0 Å². The number of carboxylic acid groups (broad SMARTS) is 2. The average Bonchev–Trinajstić information content (AvgIpc) is 2.99. The summed E-state index contributed by atoms with van der Waals surface area (Å²) < 4.78 is 3.50. The smallest absolute Gasteiger partial charge is 0.328 e. The highest BCUT2D eigenvalue weighted by Gasteiger charge is 2.24. The van der Waals surface area contributed by atoms with Gasteiger partial charge in [-0.2, -0.15) is 0 Å². The average molecular weight is 422 g/mol. The van der Waals surface area contributed by atoms with Gasteiger partial charge in [0.25, 0.3) is 0 Å². The zero-order chi connectivity index (χ0) is 21.4. The van der Waals surface area contributed by atoms with Crippen LogP contribution in [0.3, 0.4) is 0 Å². The van der Waals surface area contributed by atoms with Crippen LogP contribution in [0.25, 0.3) is 10.2 Å². The van der Waals surface area contributed by atoms with Crippen molar-refractivity contribution in [2.24, 2.45) is 12.0 Å². The number of thiazole rings is 1. The highest BCUT2D eigenvalue weighted by molar-refractivity contribution is 7.16. The summed E-state index contributed by atoms with van der Waals surface area (Å²) in [7, 11) is 2.10. The fraction of sp³-hybridized carbons (Fsp3) is 0.450. The van der Waals surface area contributed by atoms with Crippen LogP contribution in [0.2, 0.25) is 0 Å². The molecule has 1 aromatic carbocycles. The van der Waals surface area contributed by atoms with Gasteiger partial charge in [-0.05, 0) is 31.9 Å². The number of hydrogen-bond donors (Lipinski definition) is 3. The first-order valence-electron chi connectivity index (χ1n) is 9.39. The zero-order valence-corrected chi connectivity index (χ0v) is 17.4. The minimum atomic E-state index is -1.26. The van der Waals surface area contributed by atoms with E-state index in [0.29, 0.717) is 24.2 Å². The van der Waals surface area contributed by atoms with Gasteiger partial charge in [0.15, 0.2) is 4.80 Å². The molecule has 0 amide bonds. The summed E-state index contributed by atoms with van der Waals surface area (Å²) in [5.74, 6) is -2.51. The first-order chi connectivity index (χ1) is 13.8. The van der Waals surface area contributed by atoms with Gasteiger partial charge in [-0.25, -0.2) is 9.59 Å². The molecule has 0 spiro atoms. The van der Waals surface area contributed by atoms with Crippen LogP contribution in [-0.2, 0) is 16.6 Å². The van der Waals surface area contributed by atoms with Crippen molar-refractivity contribution in [3.8, 4) is 0 Å². The summed E-state index contributed by atoms with van der Waals surface area (Å²) in [6.45, 7) is 4.30. The Morgan fingerprint density at radius 2 is 1.90 bits per heavy atom. The maximum Gasteiger partial charge on any atom is 0.328 e. The van der Waals surface area contributed by atoms with E-state index in [1.54, 1.807) is 11.3 Å². The molecule has 1 aliphatic rings. The number of hydrogen-bond acceptors (Lipinski definition) is 6. The fourth-order valence-electron chi connectivity index (χ4n) is 3.28. The van der Waals surface area contributed by atoms with Crippen LogP contribution in [0.5, 0.6) is 0 Å². The highest BCUT2D eigenvalue weighted by atomic mass is 32.1. The standard InChI is InChI=1S/C16H23N3OS.C4H4O4/c1-12-11-13(7-8-19(12)9-10-20)17-16-18(2)14-5-3-4-6-15(14)21-16;5-3(6)1-2-4(7)8/h3-6,12-13,20H,7-11H2,1-2H3;1-2H,(H,5,6)(H,7,8)/b;2-1-. The van der Waals surface area contributed by atoms with Gasteiger partial charge >= 0.3 is 11.9 Å². The van der Waals surface area contributed by atoms with Gasteiger partial charge in [-0.15, -0.1) is 0 Å². The number of benzene rings is 1. The van der Waals surface area contributed by atoms with Crippen molar-refractivity contribution in [1.29, 1.82) is 0 Å². The number of para-hydroxylation sites is 1. The molecule has 1 aliphatic heterocycles. The Balaban J connectivity index is 0.000000321. The van der Waals surface area contributed by atoms with Crippen molar-refractivity contribution < 1.29 is 24.9 Å². The summed E-state index contributed by atoms with van der Waals surface area (Å²) in [6, 6.07) is 9.36.